The molecule has 4 saturated heterocycles. The monoisotopic (exact) mass is 507 g/mol. The van der Waals surface area contributed by atoms with Gasteiger partial charge < -0.3 is 48.7 Å². The molecule has 1 aromatic rings. The number of aliphatic carboxylic acids is 1. The summed E-state index contributed by atoms with van der Waals surface area (Å²) in [7, 11) is 2.24. The minimum atomic E-state index is -1.90. The molecule has 4 aliphatic heterocycles. The standard InChI is InChI=1S/C25H33NO10/c1-3-26(2)15-9-13(10-16(26)21-20(15)35-21)34-24(32)14(12-7-5-4-6-8-12)11-33-25-19(29)17(27)18(28)22(36-25)23(30)31/h4-8,13-22,25,27-29H,3,9-11H2,1-2H3/t13?,14?,15-,16-,17-,18-,19+,20-,21+,22-,25+,26?/m0/s1. The fourth-order valence-corrected chi connectivity index (χ4v) is 6.23. The highest BCUT2D eigenvalue weighted by Gasteiger charge is 2.71. The predicted molar refractivity (Wildman–Crippen MR) is 119 cm³/mol. The second-order valence-electron chi connectivity index (χ2n) is 10.4. The van der Waals surface area contributed by atoms with Gasteiger partial charge in [-0.3, -0.25) is 4.79 Å². The van der Waals surface area contributed by atoms with Crippen LogP contribution in [0.25, 0.3) is 0 Å². The number of epoxide rings is 1. The molecule has 3 N–H and O–H groups in total. The van der Waals surface area contributed by atoms with E-state index in [9.17, 15) is 30.0 Å². The molecule has 0 aliphatic carbocycles. The zero-order valence-corrected chi connectivity index (χ0v) is 20.2. The number of benzene rings is 1. The molecule has 11 heteroatoms. The van der Waals surface area contributed by atoms with Gasteiger partial charge in [0.1, 0.15) is 60.7 Å². The first-order valence-corrected chi connectivity index (χ1v) is 12.4. The first-order valence-electron chi connectivity index (χ1n) is 12.4. The van der Waals surface area contributed by atoms with Crippen molar-refractivity contribution in [2.24, 2.45) is 0 Å². The number of fused-ring (bicyclic) bond motifs is 5. The van der Waals surface area contributed by atoms with E-state index in [1.54, 1.807) is 30.3 Å². The number of carbonyl (C=O) groups is 2. The molecule has 12 atom stereocenters. The molecular formula is C25H33NO10. The van der Waals surface area contributed by atoms with Gasteiger partial charge in [-0.15, -0.1) is 0 Å². The first-order chi connectivity index (χ1) is 17.2. The minimum absolute atomic E-state index is 0.222. The number of hydrogen-bond acceptors (Lipinski definition) is 10. The summed E-state index contributed by atoms with van der Waals surface area (Å²) in [5, 5.41) is 41.4. The van der Waals surface area contributed by atoms with Gasteiger partial charge >= 0.3 is 5.97 Å². The lowest BCUT2D eigenvalue weighted by Crippen LogP contribution is -2.62. The van der Waals surface area contributed by atoms with Crippen LogP contribution in [0.4, 0.5) is 0 Å². The van der Waals surface area contributed by atoms with Crippen LogP contribution >= 0.6 is 0 Å². The van der Waals surface area contributed by atoms with Crippen molar-refractivity contribution in [2.45, 2.75) is 86.8 Å². The molecule has 11 nitrogen and oxygen atoms in total. The summed E-state index contributed by atoms with van der Waals surface area (Å²) in [6, 6.07) is 9.39. The molecule has 0 saturated carbocycles. The van der Waals surface area contributed by atoms with Crippen molar-refractivity contribution in [3.05, 3.63) is 35.9 Å². The number of esters is 1. The molecule has 5 rings (SSSR count). The molecule has 0 spiro atoms. The lowest BCUT2D eigenvalue weighted by Gasteiger charge is -2.47. The number of quaternary nitrogens is 1. The highest BCUT2D eigenvalue weighted by Crippen LogP contribution is 2.52. The molecule has 0 amide bonds. The Balaban J connectivity index is 1.27. The van der Waals surface area contributed by atoms with E-state index in [0.29, 0.717) is 18.4 Å². The van der Waals surface area contributed by atoms with Crippen molar-refractivity contribution in [3.63, 3.8) is 0 Å². The fraction of sp³-hybridized carbons (Fsp3) is 0.680. The van der Waals surface area contributed by atoms with Gasteiger partial charge in [-0.05, 0) is 12.5 Å². The zero-order valence-electron chi connectivity index (χ0n) is 20.2. The highest BCUT2D eigenvalue weighted by molar-refractivity contribution is 5.78. The summed E-state index contributed by atoms with van der Waals surface area (Å²) in [6.07, 6.45) is -7.33. The summed E-state index contributed by atoms with van der Waals surface area (Å²) in [5.41, 5.74) is 0.615. The molecule has 36 heavy (non-hydrogen) atoms. The molecule has 1 aromatic carbocycles. The van der Waals surface area contributed by atoms with Crippen LogP contribution in [0.2, 0.25) is 0 Å². The van der Waals surface area contributed by atoms with Gasteiger partial charge in [-0.25, -0.2) is 0 Å². The number of likely N-dealkylation sites (N-methyl/N-ethyl adjacent to an activating group) is 1. The van der Waals surface area contributed by atoms with Crippen LogP contribution in [0.3, 0.4) is 0 Å². The topological polar surface area (TPSA) is 158 Å². The van der Waals surface area contributed by atoms with Crippen molar-refractivity contribution >= 4 is 11.9 Å². The number of carboxylic acid groups (broad SMARTS) is 1. The van der Waals surface area contributed by atoms with E-state index in [-0.39, 0.29) is 37.0 Å². The van der Waals surface area contributed by atoms with Crippen molar-refractivity contribution in [1.82, 2.24) is 0 Å². The summed E-state index contributed by atoms with van der Waals surface area (Å²) in [4.78, 5) is 24.7. The number of morpholine rings is 1. The molecular weight excluding hydrogens is 474 g/mol. The third-order valence-corrected chi connectivity index (χ3v) is 8.52. The van der Waals surface area contributed by atoms with Gasteiger partial charge in [-0.1, -0.05) is 30.3 Å². The third-order valence-electron chi connectivity index (χ3n) is 8.52. The summed E-state index contributed by atoms with van der Waals surface area (Å²) < 4.78 is 23.5. The molecule has 0 radical (unpaired) electrons. The van der Waals surface area contributed by atoms with E-state index in [0.717, 1.165) is 11.0 Å². The zero-order chi connectivity index (χ0) is 25.8. The number of nitrogens with zero attached hydrogens (tertiary/aromatic N) is 1. The largest absolute Gasteiger partial charge is 0.547 e. The van der Waals surface area contributed by atoms with E-state index in [2.05, 4.69) is 14.0 Å². The Morgan fingerprint density at radius 2 is 1.69 bits per heavy atom. The SMILES string of the molecule is CC[N+]1(C)[C@H]2CC(OC(=O)C(CO[C@@H]3O[C@H](C(=O)[O-])[C@@H](O)[C@H](O)[C@H]3O)c3ccccc3)C[C@H]1[C@H]1O[C@H]12. The van der Waals surface area contributed by atoms with Crippen LogP contribution in [0.15, 0.2) is 30.3 Å². The minimum Gasteiger partial charge on any atom is -0.547 e. The van der Waals surface area contributed by atoms with Gasteiger partial charge in [0, 0.05) is 12.8 Å². The van der Waals surface area contributed by atoms with Crippen molar-refractivity contribution in [2.75, 3.05) is 20.2 Å². The number of carboxylic acids is 1. The maximum Gasteiger partial charge on any atom is 0.316 e. The van der Waals surface area contributed by atoms with Crippen LogP contribution in [0.5, 0.6) is 0 Å². The number of aliphatic hydroxyl groups is 3. The number of carbonyl (C=O) groups excluding carboxylic acids is 2. The Hall–Kier alpha value is -2.12. The summed E-state index contributed by atoms with van der Waals surface area (Å²) in [5.74, 6) is -3.15. The molecule has 4 fully saturated rings. The fourth-order valence-electron chi connectivity index (χ4n) is 6.23. The van der Waals surface area contributed by atoms with E-state index in [1.807, 2.05) is 0 Å². The van der Waals surface area contributed by atoms with Gasteiger partial charge in [0.05, 0.1) is 26.2 Å². The van der Waals surface area contributed by atoms with Crippen LogP contribution in [0.1, 0.15) is 31.2 Å². The second-order valence-corrected chi connectivity index (χ2v) is 10.4. The number of rotatable bonds is 8. The van der Waals surface area contributed by atoms with E-state index in [1.165, 1.54) is 0 Å². The van der Waals surface area contributed by atoms with Gasteiger partial charge in [0.2, 0.25) is 0 Å². The van der Waals surface area contributed by atoms with Crippen LogP contribution in [-0.4, -0.2) is 113 Å². The second kappa shape index (κ2) is 9.64. The molecule has 0 aromatic heterocycles. The smallest absolute Gasteiger partial charge is 0.316 e. The van der Waals surface area contributed by atoms with Gasteiger partial charge in [0.25, 0.3) is 0 Å². The molecule has 198 valence electrons. The Morgan fingerprint density at radius 3 is 2.28 bits per heavy atom. The van der Waals surface area contributed by atoms with E-state index in [4.69, 9.17) is 18.9 Å². The molecule has 3 unspecified atom stereocenters. The van der Waals surface area contributed by atoms with E-state index < -0.39 is 48.6 Å². The van der Waals surface area contributed by atoms with Crippen molar-refractivity contribution in [1.29, 1.82) is 0 Å². The number of piperidine rings is 1. The van der Waals surface area contributed by atoms with E-state index >= 15 is 0 Å². The Morgan fingerprint density at radius 1 is 1.06 bits per heavy atom. The average Bonchev–Trinajstić information content (AvgIpc) is 3.63. The number of hydrogen-bond donors (Lipinski definition) is 3. The average molecular weight is 508 g/mol. The van der Waals surface area contributed by atoms with Gasteiger partial charge in [0.15, 0.2) is 6.29 Å². The van der Waals surface area contributed by atoms with Crippen molar-refractivity contribution in [3.8, 4) is 0 Å². The Labute approximate surface area is 208 Å². The predicted octanol–water partition coefficient (Wildman–Crippen LogP) is -1.97. The molecule has 4 aliphatic rings. The molecule has 4 heterocycles. The highest BCUT2D eigenvalue weighted by atomic mass is 16.7. The first kappa shape index (κ1) is 25.5. The maximum absolute atomic E-state index is 13.4. The number of aliphatic hydroxyl groups excluding tert-OH is 3. The van der Waals surface area contributed by atoms with Crippen LogP contribution < -0.4 is 5.11 Å². The summed E-state index contributed by atoms with van der Waals surface area (Å²) in [6.45, 7) is 2.86. The normalized spacial score (nSPS) is 43.9. The molecule has 2 bridgehead atoms. The quantitative estimate of drug-likeness (QED) is 0.205. The van der Waals surface area contributed by atoms with Crippen LogP contribution in [0, 0.1) is 0 Å². The maximum atomic E-state index is 13.4. The summed E-state index contributed by atoms with van der Waals surface area (Å²) >= 11 is 0. The Kier molecular flexibility index (Phi) is 6.83. The third kappa shape index (κ3) is 4.32. The van der Waals surface area contributed by atoms with Crippen molar-refractivity contribution < 1.29 is 53.4 Å². The number of ether oxygens (including phenoxy) is 4. The lowest BCUT2D eigenvalue weighted by atomic mass is 9.95. The Bertz CT molecular complexity index is 957. The van der Waals surface area contributed by atoms with Crippen LogP contribution in [-0.2, 0) is 28.5 Å². The lowest BCUT2D eigenvalue weighted by molar-refractivity contribution is -0.954. The van der Waals surface area contributed by atoms with Gasteiger partial charge in [-0.2, -0.15) is 0 Å².